The van der Waals surface area contributed by atoms with Gasteiger partial charge in [0, 0.05) is 6.07 Å². The summed E-state index contributed by atoms with van der Waals surface area (Å²) in [6.45, 7) is 0. The van der Waals surface area contributed by atoms with E-state index in [-0.39, 0.29) is 6.10 Å². The van der Waals surface area contributed by atoms with E-state index in [0.29, 0.717) is 5.88 Å². The van der Waals surface area contributed by atoms with Gasteiger partial charge in [0.15, 0.2) is 0 Å². The molecule has 3 heteroatoms. The Morgan fingerprint density at radius 3 is 2.89 bits per heavy atom. The molecule has 2 nitrogen and oxygen atoms in total. The second kappa shape index (κ2) is 5.11. The number of fused-ring (bicyclic) bond motifs is 1. The molecule has 2 aromatic rings. The van der Waals surface area contributed by atoms with Crippen molar-refractivity contribution in [2.75, 3.05) is 0 Å². The van der Waals surface area contributed by atoms with Crippen molar-refractivity contribution in [1.29, 1.82) is 0 Å². The third-order valence-electron chi connectivity index (χ3n) is 3.27. The standard InChI is InChI=1S/C15H14BrNO/c16-14-9-4-10-15(17-14)18-13-8-3-6-11-5-1-2-7-12(11)13/h1-2,4-5,7,9-10,13H,3,6,8H2. The van der Waals surface area contributed by atoms with Gasteiger partial charge in [-0.25, -0.2) is 4.98 Å². The molecule has 3 rings (SSSR count). The molecule has 92 valence electrons. The lowest BCUT2D eigenvalue weighted by Crippen LogP contribution is -2.15. The molecule has 1 aromatic carbocycles. The number of hydrogen-bond acceptors (Lipinski definition) is 2. The van der Waals surface area contributed by atoms with Crippen LogP contribution in [0.3, 0.4) is 0 Å². The Hall–Kier alpha value is -1.35. The van der Waals surface area contributed by atoms with Crippen molar-refractivity contribution in [1.82, 2.24) is 4.98 Å². The van der Waals surface area contributed by atoms with Crippen LogP contribution in [-0.2, 0) is 6.42 Å². The van der Waals surface area contributed by atoms with Crippen LogP contribution in [0.25, 0.3) is 0 Å². The van der Waals surface area contributed by atoms with E-state index in [1.165, 1.54) is 17.5 Å². The molecule has 0 bridgehead atoms. The Balaban J connectivity index is 1.86. The highest BCUT2D eigenvalue weighted by atomic mass is 79.9. The minimum Gasteiger partial charge on any atom is -0.469 e. The van der Waals surface area contributed by atoms with Crippen LogP contribution in [0.15, 0.2) is 47.1 Å². The Labute approximate surface area is 115 Å². The topological polar surface area (TPSA) is 22.1 Å². The third-order valence-corrected chi connectivity index (χ3v) is 3.71. The molecular weight excluding hydrogens is 290 g/mol. The monoisotopic (exact) mass is 303 g/mol. The SMILES string of the molecule is Brc1cccc(OC2CCCc3ccccc32)n1. The summed E-state index contributed by atoms with van der Waals surface area (Å²) in [6.07, 6.45) is 3.53. The van der Waals surface area contributed by atoms with Crippen molar-refractivity contribution >= 4 is 15.9 Å². The van der Waals surface area contributed by atoms with E-state index >= 15 is 0 Å². The summed E-state index contributed by atoms with van der Waals surface area (Å²) >= 11 is 3.37. The summed E-state index contributed by atoms with van der Waals surface area (Å²) in [5, 5.41) is 0. The highest BCUT2D eigenvalue weighted by molar-refractivity contribution is 9.10. The normalized spacial score (nSPS) is 18.2. The number of hydrogen-bond donors (Lipinski definition) is 0. The molecule has 18 heavy (non-hydrogen) atoms. The second-order valence-electron chi connectivity index (χ2n) is 4.50. The van der Waals surface area contributed by atoms with Crippen molar-refractivity contribution < 1.29 is 4.74 Å². The van der Waals surface area contributed by atoms with Crippen LogP contribution in [-0.4, -0.2) is 4.98 Å². The van der Waals surface area contributed by atoms with Gasteiger partial charge in [-0.15, -0.1) is 0 Å². The summed E-state index contributed by atoms with van der Waals surface area (Å²) in [5.41, 5.74) is 2.72. The average Bonchev–Trinajstić information content (AvgIpc) is 2.39. The van der Waals surface area contributed by atoms with Crippen LogP contribution in [0.1, 0.15) is 30.1 Å². The number of nitrogens with zero attached hydrogens (tertiary/aromatic N) is 1. The molecule has 1 atom stereocenters. The number of pyridine rings is 1. The van der Waals surface area contributed by atoms with Crippen LogP contribution in [0, 0.1) is 0 Å². The van der Waals surface area contributed by atoms with Crippen LogP contribution in [0.4, 0.5) is 0 Å². The number of halogens is 1. The number of aryl methyl sites for hydroxylation is 1. The molecule has 0 fully saturated rings. The van der Waals surface area contributed by atoms with Crippen LogP contribution in [0.2, 0.25) is 0 Å². The van der Waals surface area contributed by atoms with Gasteiger partial charge >= 0.3 is 0 Å². The van der Waals surface area contributed by atoms with Gasteiger partial charge in [0.2, 0.25) is 5.88 Å². The lowest BCUT2D eigenvalue weighted by Gasteiger charge is -2.25. The van der Waals surface area contributed by atoms with Gasteiger partial charge in [-0.2, -0.15) is 0 Å². The number of rotatable bonds is 2. The quantitative estimate of drug-likeness (QED) is 0.772. The van der Waals surface area contributed by atoms with Crippen molar-refractivity contribution in [2.45, 2.75) is 25.4 Å². The first-order valence-corrected chi connectivity index (χ1v) is 6.99. The molecule has 1 aliphatic carbocycles. The smallest absolute Gasteiger partial charge is 0.214 e. The fourth-order valence-corrected chi connectivity index (χ4v) is 2.76. The Bertz CT molecular complexity index is 556. The third kappa shape index (κ3) is 2.41. The summed E-state index contributed by atoms with van der Waals surface area (Å²) in [5.74, 6) is 0.686. The van der Waals surface area contributed by atoms with Gasteiger partial charge in [-0.3, -0.25) is 0 Å². The van der Waals surface area contributed by atoms with E-state index in [4.69, 9.17) is 4.74 Å². The van der Waals surface area contributed by atoms with Crippen molar-refractivity contribution in [3.8, 4) is 5.88 Å². The number of benzene rings is 1. The fourth-order valence-electron chi connectivity index (χ4n) is 2.43. The molecule has 0 amide bonds. The molecule has 1 aliphatic rings. The van der Waals surface area contributed by atoms with E-state index in [0.717, 1.165) is 17.4 Å². The highest BCUT2D eigenvalue weighted by Gasteiger charge is 2.21. The molecular formula is C15H14BrNO. The highest BCUT2D eigenvalue weighted by Crippen LogP contribution is 2.33. The second-order valence-corrected chi connectivity index (χ2v) is 5.31. The summed E-state index contributed by atoms with van der Waals surface area (Å²) < 4.78 is 6.83. The molecule has 0 radical (unpaired) electrons. The van der Waals surface area contributed by atoms with Crippen molar-refractivity contribution in [3.63, 3.8) is 0 Å². The lowest BCUT2D eigenvalue weighted by atomic mass is 9.89. The maximum absolute atomic E-state index is 6.02. The summed E-state index contributed by atoms with van der Waals surface area (Å²) in [6, 6.07) is 14.3. The zero-order chi connectivity index (χ0) is 12.4. The summed E-state index contributed by atoms with van der Waals surface area (Å²) in [4.78, 5) is 4.33. The Morgan fingerprint density at radius 2 is 2.00 bits per heavy atom. The molecule has 0 aliphatic heterocycles. The molecule has 0 spiro atoms. The minimum absolute atomic E-state index is 0.136. The van der Waals surface area contributed by atoms with Crippen LogP contribution in [0.5, 0.6) is 5.88 Å². The van der Waals surface area contributed by atoms with Gasteiger partial charge in [0.25, 0.3) is 0 Å². The van der Waals surface area contributed by atoms with Gasteiger partial charge in [-0.05, 0) is 52.4 Å². The zero-order valence-electron chi connectivity index (χ0n) is 9.97. The molecule has 0 saturated carbocycles. The fraction of sp³-hybridized carbons (Fsp3) is 0.267. The van der Waals surface area contributed by atoms with Gasteiger partial charge < -0.3 is 4.74 Å². The van der Waals surface area contributed by atoms with E-state index in [1.807, 2.05) is 18.2 Å². The Kier molecular flexibility index (Phi) is 3.33. The summed E-state index contributed by atoms with van der Waals surface area (Å²) in [7, 11) is 0. The van der Waals surface area contributed by atoms with Gasteiger partial charge in [0.05, 0.1) is 0 Å². The first kappa shape index (κ1) is 11.7. The van der Waals surface area contributed by atoms with Gasteiger partial charge in [0.1, 0.15) is 10.7 Å². The average molecular weight is 304 g/mol. The molecule has 1 heterocycles. The largest absolute Gasteiger partial charge is 0.469 e. The molecule has 0 saturated heterocycles. The van der Waals surface area contributed by atoms with E-state index < -0.39 is 0 Å². The number of ether oxygens (including phenoxy) is 1. The van der Waals surface area contributed by atoms with Crippen molar-refractivity contribution in [2.24, 2.45) is 0 Å². The Morgan fingerprint density at radius 1 is 1.11 bits per heavy atom. The lowest BCUT2D eigenvalue weighted by molar-refractivity contribution is 0.175. The predicted octanol–water partition coefficient (Wildman–Crippen LogP) is 4.30. The van der Waals surface area contributed by atoms with Crippen LogP contribution >= 0.6 is 15.9 Å². The molecule has 1 unspecified atom stereocenters. The maximum atomic E-state index is 6.02. The number of aromatic nitrogens is 1. The maximum Gasteiger partial charge on any atom is 0.214 e. The van der Waals surface area contributed by atoms with E-state index in [1.54, 1.807) is 0 Å². The first-order chi connectivity index (χ1) is 8.83. The van der Waals surface area contributed by atoms with Crippen molar-refractivity contribution in [3.05, 3.63) is 58.2 Å². The minimum atomic E-state index is 0.136. The first-order valence-electron chi connectivity index (χ1n) is 6.20. The molecule has 0 N–H and O–H groups in total. The van der Waals surface area contributed by atoms with Crippen LogP contribution < -0.4 is 4.74 Å². The zero-order valence-corrected chi connectivity index (χ0v) is 11.6. The van der Waals surface area contributed by atoms with E-state index in [9.17, 15) is 0 Å². The predicted molar refractivity (Wildman–Crippen MR) is 74.7 cm³/mol. The van der Waals surface area contributed by atoms with Gasteiger partial charge in [-0.1, -0.05) is 30.3 Å². The molecule has 1 aromatic heterocycles. The van der Waals surface area contributed by atoms with E-state index in [2.05, 4.69) is 45.2 Å².